The van der Waals surface area contributed by atoms with E-state index in [0.717, 1.165) is 5.56 Å². The maximum atomic E-state index is 12.7. The van der Waals surface area contributed by atoms with Crippen molar-refractivity contribution >= 4 is 5.91 Å². The largest absolute Gasteiger partial charge is 0.383 e. The molecule has 18 heavy (non-hydrogen) atoms. The Morgan fingerprint density at radius 3 is 2.67 bits per heavy atom. The molecule has 1 aromatic carbocycles. The van der Waals surface area contributed by atoms with Crippen LogP contribution in [0.2, 0.25) is 0 Å². The summed E-state index contributed by atoms with van der Waals surface area (Å²) in [6.45, 7) is 3.15. The average molecular weight is 254 g/mol. The van der Waals surface area contributed by atoms with Gasteiger partial charge in [0, 0.05) is 19.7 Å². The van der Waals surface area contributed by atoms with E-state index in [1.807, 2.05) is 6.92 Å². The molecule has 0 saturated heterocycles. The van der Waals surface area contributed by atoms with E-state index in [1.165, 1.54) is 12.1 Å². The molecule has 5 heteroatoms. The molecule has 2 N–H and O–H groups in total. The minimum Gasteiger partial charge on any atom is -0.383 e. The van der Waals surface area contributed by atoms with Crippen molar-refractivity contribution in [2.24, 2.45) is 0 Å². The number of carbonyl (C=O) groups excluding carboxylic acids is 1. The van der Waals surface area contributed by atoms with Gasteiger partial charge in [0.2, 0.25) is 5.91 Å². The van der Waals surface area contributed by atoms with Crippen molar-refractivity contribution in [1.29, 1.82) is 0 Å². The predicted octanol–water partition coefficient (Wildman–Crippen LogP) is 1.24. The lowest BCUT2D eigenvalue weighted by Crippen LogP contribution is -2.36. The Bertz CT molecular complexity index is 368. The maximum Gasteiger partial charge on any atom is 0.234 e. The smallest absolute Gasteiger partial charge is 0.234 e. The Labute approximate surface area is 107 Å². The second-order valence-electron chi connectivity index (χ2n) is 4.00. The molecule has 0 radical (unpaired) electrons. The molecular weight excluding hydrogens is 235 g/mol. The van der Waals surface area contributed by atoms with Gasteiger partial charge in [0.25, 0.3) is 0 Å². The van der Waals surface area contributed by atoms with Crippen molar-refractivity contribution in [3.05, 3.63) is 35.6 Å². The molecule has 1 amide bonds. The van der Waals surface area contributed by atoms with Crippen LogP contribution in [0.25, 0.3) is 0 Å². The van der Waals surface area contributed by atoms with Gasteiger partial charge in [-0.25, -0.2) is 4.39 Å². The number of benzene rings is 1. The number of hydrogen-bond acceptors (Lipinski definition) is 3. The van der Waals surface area contributed by atoms with E-state index in [4.69, 9.17) is 4.74 Å². The van der Waals surface area contributed by atoms with Crippen LogP contribution in [-0.2, 0) is 9.53 Å². The lowest BCUT2D eigenvalue weighted by atomic mass is 10.1. The number of carbonyl (C=O) groups is 1. The molecule has 0 saturated carbocycles. The maximum absolute atomic E-state index is 12.7. The molecule has 100 valence electrons. The van der Waals surface area contributed by atoms with E-state index in [-0.39, 0.29) is 24.3 Å². The molecule has 0 unspecified atom stereocenters. The summed E-state index contributed by atoms with van der Waals surface area (Å²) in [6, 6.07) is 6.23. The van der Waals surface area contributed by atoms with Crippen molar-refractivity contribution in [3.63, 3.8) is 0 Å². The van der Waals surface area contributed by atoms with E-state index in [9.17, 15) is 9.18 Å². The fraction of sp³-hybridized carbons (Fsp3) is 0.462. The molecule has 0 aromatic heterocycles. The van der Waals surface area contributed by atoms with Gasteiger partial charge in [-0.1, -0.05) is 12.1 Å². The van der Waals surface area contributed by atoms with Crippen molar-refractivity contribution in [3.8, 4) is 0 Å². The van der Waals surface area contributed by atoms with Gasteiger partial charge in [-0.05, 0) is 24.6 Å². The average Bonchev–Trinajstić information content (AvgIpc) is 2.37. The Kier molecular flexibility index (Phi) is 6.32. The zero-order valence-electron chi connectivity index (χ0n) is 10.7. The molecule has 0 heterocycles. The van der Waals surface area contributed by atoms with Gasteiger partial charge in [0.1, 0.15) is 5.82 Å². The number of methoxy groups -OCH3 is 1. The third kappa shape index (κ3) is 5.25. The number of rotatable bonds is 7. The topological polar surface area (TPSA) is 50.4 Å². The minimum absolute atomic E-state index is 0.00113. The summed E-state index contributed by atoms with van der Waals surface area (Å²) in [4.78, 5) is 11.4. The predicted molar refractivity (Wildman–Crippen MR) is 67.7 cm³/mol. The highest BCUT2D eigenvalue weighted by molar-refractivity contribution is 5.78. The van der Waals surface area contributed by atoms with Gasteiger partial charge in [0.05, 0.1) is 13.2 Å². The van der Waals surface area contributed by atoms with Crippen LogP contribution in [0.4, 0.5) is 4.39 Å². The SMILES string of the molecule is COCCNC(=O)CN[C@@H](C)c1ccc(F)cc1. The van der Waals surface area contributed by atoms with Crippen LogP contribution in [0, 0.1) is 5.82 Å². The van der Waals surface area contributed by atoms with Crippen molar-refractivity contribution < 1.29 is 13.9 Å². The highest BCUT2D eigenvalue weighted by Crippen LogP contribution is 2.12. The monoisotopic (exact) mass is 254 g/mol. The van der Waals surface area contributed by atoms with Crippen LogP contribution in [0.3, 0.4) is 0 Å². The van der Waals surface area contributed by atoms with E-state index in [2.05, 4.69) is 10.6 Å². The summed E-state index contributed by atoms with van der Waals surface area (Å²) in [5.41, 5.74) is 0.945. The molecule has 1 atom stereocenters. The van der Waals surface area contributed by atoms with Gasteiger partial charge in [-0.3, -0.25) is 4.79 Å². The van der Waals surface area contributed by atoms with Crippen LogP contribution >= 0.6 is 0 Å². The Morgan fingerprint density at radius 2 is 2.06 bits per heavy atom. The quantitative estimate of drug-likeness (QED) is 0.720. The Hall–Kier alpha value is -1.46. The summed E-state index contributed by atoms with van der Waals surface area (Å²) in [5, 5.41) is 5.78. The molecule has 4 nitrogen and oxygen atoms in total. The molecule has 0 aliphatic heterocycles. The van der Waals surface area contributed by atoms with Crippen LogP contribution in [0.5, 0.6) is 0 Å². The highest BCUT2D eigenvalue weighted by atomic mass is 19.1. The van der Waals surface area contributed by atoms with Crippen LogP contribution in [0.15, 0.2) is 24.3 Å². The molecule has 1 rings (SSSR count). The van der Waals surface area contributed by atoms with Gasteiger partial charge in [-0.2, -0.15) is 0 Å². The summed E-state index contributed by atoms with van der Waals surface area (Å²) < 4.78 is 17.6. The van der Waals surface area contributed by atoms with Crippen LogP contribution in [-0.4, -0.2) is 32.7 Å². The summed E-state index contributed by atoms with van der Waals surface area (Å²) >= 11 is 0. The third-order valence-electron chi connectivity index (χ3n) is 2.57. The molecule has 0 aliphatic rings. The zero-order chi connectivity index (χ0) is 13.4. The van der Waals surface area contributed by atoms with Crippen molar-refractivity contribution in [2.75, 3.05) is 26.8 Å². The normalized spacial score (nSPS) is 12.2. The summed E-state index contributed by atoms with van der Waals surface area (Å²) in [6.07, 6.45) is 0. The van der Waals surface area contributed by atoms with E-state index in [1.54, 1.807) is 19.2 Å². The standard InChI is InChI=1S/C13H19FN2O2/c1-10(11-3-5-12(14)6-4-11)16-9-13(17)15-7-8-18-2/h3-6,10,16H,7-9H2,1-2H3,(H,15,17)/t10-/m0/s1. The van der Waals surface area contributed by atoms with Crippen molar-refractivity contribution in [1.82, 2.24) is 10.6 Å². The fourth-order valence-electron chi connectivity index (χ4n) is 1.47. The first kappa shape index (κ1) is 14.6. The second-order valence-corrected chi connectivity index (χ2v) is 4.00. The lowest BCUT2D eigenvalue weighted by Gasteiger charge is -2.14. The molecule has 0 spiro atoms. The van der Waals surface area contributed by atoms with E-state index in [0.29, 0.717) is 13.2 Å². The lowest BCUT2D eigenvalue weighted by molar-refractivity contribution is -0.120. The molecule has 0 fully saturated rings. The summed E-state index contributed by atoms with van der Waals surface area (Å²) in [7, 11) is 1.58. The van der Waals surface area contributed by atoms with Gasteiger partial charge < -0.3 is 15.4 Å². The number of ether oxygens (including phenoxy) is 1. The highest BCUT2D eigenvalue weighted by Gasteiger charge is 2.07. The van der Waals surface area contributed by atoms with E-state index >= 15 is 0 Å². The first-order valence-electron chi connectivity index (χ1n) is 5.88. The first-order valence-corrected chi connectivity index (χ1v) is 5.88. The molecule has 0 aliphatic carbocycles. The van der Waals surface area contributed by atoms with Crippen LogP contribution in [0.1, 0.15) is 18.5 Å². The number of halogens is 1. The summed E-state index contributed by atoms with van der Waals surface area (Å²) in [5.74, 6) is -0.343. The zero-order valence-corrected chi connectivity index (χ0v) is 10.7. The number of nitrogens with one attached hydrogen (secondary N) is 2. The number of hydrogen-bond donors (Lipinski definition) is 2. The van der Waals surface area contributed by atoms with Gasteiger partial charge in [0.15, 0.2) is 0 Å². The second kappa shape index (κ2) is 7.79. The number of amides is 1. The third-order valence-corrected chi connectivity index (χ3v) is 2.57. The molecule has 0 bridgehead atoms. The Balaban J connectivity index is 2.30. The molecule has 1 aromatic rings. The fourth-order valence-corrected chi connectivity index (χ4v) is 1.47. The van der Waals surface area contributed by atoms with Crippen LogP contribution < -0.4 is 10.6 Å². The Morgan fingerprint density at radius 1 is 1.39 bits per heavy atom. The van der Waals surface area contributed by atoms with Gasteiger partial charge >= 0.3 is 0 Å². The van der Waals surface area contributed by atoms with E-state index < -0.39 is 0 Å². The molecular formula is C13H19FN2O2. The van der Waals surface area contributed by atoms with Gasteiger partial charge in [-0.15, -0.1) is 0 Å². The minimum atomic E-state index is -0.261. The van der Waals surface area contributed by atoms with Crippen molar-refractivity contribution in [2.45, 2.75) is 13.0 Å². The first-order chi connectivity index (χ1) is 8.63.